The highest BCUT2D eigenvalue weighted by atomic mass is 16.5. The summed E-state index contributed by atoms with van der Waals surface area (Å²) in [6.07, 6.45) is 2.94. The van der Waals surface area contributed by atoms with Gasteiger partial charge in [0.1, 0.15) is 11.5 Å². The molecule has 1 aliphatic heterocycles. The van der Waals surface area contributed by atoms with Crippen LogP contribution in [0.15, 0.2) is 54.7 Å². The number of aromatic nitrogens is 1. The van der Waals surface area contributed by atoms with Crippen LogP contribution < -0.4 is 4.74 Å². The Morgan fingerprint density at radius 3 is 2.37 bits per heavy atom. The topological polar surface area (TPSA) is 22.1 Å². The molecule has 4 aromatic rings. The number of pyridine rings is 1. The molecule has 0 fully saturated rings. The summed E-state index contributed by atoms with van der Waals surface area (Å²) in [6, 6.07) is 17.5. The summed E-state index contributed by atoms with van der Waals surface area (Å²) in [4.78, 5) is 4.83. The summed E-state index contributed by atoms with van der Waals surface area (Å²) >= 11 is 0. The van der Waals surface area contributed by atoms with Gasteiger partial charge >= 0.3 is 0 Å². The molecule has 0 N–H and O–H groups in total. The summed E-state index contributed by atoms with van der Waals surface area (Å²) in [5.41, 5.74) is 4.85. The van der Waals surface area contributed by atoms with Crippen LogP contribution in [0.2, 0.25) is 0 Å². The Balaban J connectivity index is 1.85. The van der Waals surface area contributed by atoms with E-state index in [1.165, 1.54) is 27.3 Å². The Labute approximate surface area is 178 Å². The van der Waals surface area contributed by atoms with E-state index in [4.69, 9.17) is 9.72 Å². The first-order valence-corrected chi connectivity index (χ1v) is 10.8. The van der Waals surface area contributed by atoms with Crippen molar-refractivity contribution in [3.8, 4) is 22.8 Å². The lowest BCUT2D eigenvalue weighted by molar-refractivity contribution is 0.409. The van der Waals surface area contributed by atoms with E-state index in [-0.39, 0.29) is 10.8 Å². The normalized spacial score (nSPS) is 13.4. The van der Waals surface area contributed by atoms with Gasteiger partial charge in [-0.15, -0.1) is 0 Å². The van der Waals surface area contributed by atoms with Gasteiger partial charge in [0.25, 0.3) is 0 Å². The van der Waals surface area contributed by atoms with Crippen LogP contribution in [0.3, 0.4) is 0 Å². The van der Waals surface area contributed by atoms with Crippen molar-refractivity contribution in [2.45, 2.75) is 53.4 Å². The van der Waals surface area contributed by atoms with Crippen molar-refractivity contribution >= 4 is 21.5 Å². The van der Waals surface area contributed by atoms with E-state index >= 15 is 0 Å². The van der Waals surface area contributed by atoms with E-state index in [9.17, 15) is 0 Å². The first-order valence-electron chi connectivity index (χ1n) is 10.8. The largest absolute Gasteiger partial charge is 0.456 e. The molecule has 0 spiro atoms. The van der Waals surface area contributed by atoms with E-state index in [2.05, 4.69) is 90.1 Å². The van der Waals surface area contributed by atoms with Crippen LogP contribution in [0, 0.1) is 5.41 Å². The molecule has 0 saturated carbocycles. The van der Waals surface area contributed by atoms with Gasteiger partial charge in [-0.2, -0.15) is 0 Å². The summed E-state index contributed by atoms with van der Waals surface area (Å²) < 4.78 is 6.73. The first kappa shape index (κ1) is 19.1. The predicted octanol–water partition coefficient (Wildman–Crippen LogP) is 8.05. The summed E-state index contributed by atoms with van der Waals surface area (Å²) in [6.45, 7) is 13.6. The van der Waals surface area contributed by atoms with Crippen LogP contribution in [-0.2, 0) is 11.8 Å². The third-order valence-corrected chi connectivity index (χ3v) is 5.84. The molecule has 0 radical (unpaired) electrons. The third kappa shape index (κ3) is 3.06. The molecule has 3 aromatic carbocycles. The van der Waals surface area contributed by atoms with Crippen LogP contribution in [0.5, 0.6) is 11.5 Å². The number of ether oxygens (including phenoxy) is 1. The Morgan fingerprint density at radius 2 is 1.63 bits per heavy atom. The summed E-state index contributed by atoms with van der Waals surface area (Å²) in [5.74, 6) is 1.89. The SMILES string of the molecule is CC(C)(C)Cc1cc2c3c(nccc3c1)-c1cc3ccccc3c(C(C)(C)C)c1O2. The maximum absolute atomic E-state index is 6.73. The monoisotopic (exact) mass is 395 g/mol. The predicted molar refractivity (Wildman–Crippen MR) is 127 cm³/mol. The lowest BCUT2D eigenvalue weighted by Gasteiger charge is -2.30. The lowest BCUT2D eigenvalue weighted by Crippen LogP contribution is -2.15. The molecular formula is C28H29NO. The highest BCUT2D eigenvalue weighted by Gasteiger charge is 2.30. The van der Waals surface area contributed by atoms with Crippen molar-refractivity contribution < 1.29 is 4.74 Å². The molecule has 2 nitrogen and oxygen atoms in total. The highest BCUT2D eigenvalue weighted by Crippen LogP contribution is 2.52. The number of benzene rings is 3. The van der Waals surface area contributed by atoms with Crippen LogP contribution in [0.25, 0.3) is 32.8 Å². The van der Waals surface area contributed by atoms with Gasteiger partial charge in [0, 0.05) is 17.3 Å². The number of nitrogens with zero attached hydrogens (tertiary/aromatic N) is 1. The van der Waals surface area contributed by atoms with Crippen LogP contribution in [0.4, 0.5) is 0 Å². The number of hydrogen-bond acceptors (Lipinski definition) is 2. The molecule has 152 valence electrons. The summed E-state index contributed by atoms with van der Waals surface area (Å²) in [7, 11) is 0. The zero-order chi connectivity index (χ0) is 21.3. The van der Waals surface area contributed by atoms with E-state index in [0.717, 1.165) is 34.6 Å². The molecule has 5 rings (SSSR count). The van der Waals surface area contributed by atoms with Crippen molar-refractivity contribution in [1.82, 2.24) is 4.98 Å². The zero-order valence-corrected chi connectivity index (χ0v) is 18.8. The number of fused-ring (bicyclic) bond motifs is 3. The second kappa shape index (κ2) is 6.31. The number of hydrogen-bond donors (Lipinski definition) is 0. The lowest BCUT2D eigenvalue weighted by atomic mass is 9.80. The minimum atomic E-state index is -0.0562. The van der Waals surface area contributed by atoms with Gasteiger partial charge in [0.2, 0.25) is 0 Å². The third-order valence-electron chi connectivity index (χ3n) is 5.84. The molecule has 30 heavy (non-hydrogen) atoms. The maximum atomic E-state index is 6.73. The Bertz CT molecular complexity index is 1300. The summed E-state index contributed by atoms with van der Waals surface area (Å²) in [5, 5.41) is 4.81. The van der Waals surface area contributed by atoms with Gasteiger partial charge < -0.3 is 4.74 Å². The maximum Gasteiger partial charge on any atom is 0.141 e. The minimum absolute atomic E-state index is 0.0562. The van der Waals surface area contributed by atoms with Crippen molar-refractivity contribution in [3.05, 3.63) is 65.9 Å². The fourth-order valence-electron chi connectivity index (χ4n) is 4.80. The molecule has 2 heterocycles. The Hall–Kier alpha value is -2.87. The molecule has 0 bridgehead atoms. The van der Waals surface area contributed by atoms with E-state index in [1.54, 1.807) is 0 Å². The molecular weight excluding hydrogens is 366 g/mol. The molecule has 0 unspecified atom stereocenters. The van der Waals surface area contributed by atoms with E-state index in [0.29, 0.717) is 0 Å². The molecule has 0 saturated heterocycles. The fourth-order valence-corrected chi connectivity index (χ4v) is 4.80. The Kier molecular flexibility index (Phi) is 4.02. The molecule has 0 atom stereocenters. The number of rotatable bonds is 1. The van der Waals surface area contributed by atoms with Crippen molar-refractivity contribution in [1.29, 1.82) is 0 Å². The van der Waals surface area contributed by atoms with E-state index in [1.807, 2.05) is 6.20 Å². The Morgan fingerprint density at radius 1 is 0.867 bits per heavy atom. The van der Waals surface area contributed by atoms with Crippen LogP contribution >= 0.6 is 0 Å². The average molecular weight is 396 g/mol. The van der Waals surface area contributed by atoms with Crippen molar-refractivity contribution in [2.75, 3.05) is 0 Å². The quantitative estimate of drug-likeness (QED) is 0.286. The van der Waals surface area contributed by atoms with E-state index < -0.39 is 0 Å². The smallest absolute Gasteiger partial charge is 0.141 e. The van der Waals surface area contributed by atoms with Crippen molar-refractivity contribution in [3.63, 3.8) is 0 Å². The second-order valence-electron chi connectivity index (χ2n) is 10.8. The van der Waals surface area contributed by atoms with Crippen molar-refractivity contribution in [2.24, 2.45) is 5.41 Å². The zero-order valence-electron chi connectivity index (χ0n) is 18.8. The van der Waals surface area contributed by atoms with Gasteiger partial charge in [0.15, 0.2) is 0 Å². The van der Waals surface area contributed by atoms with Crippen LogP contribution in [0.1, 0.15) is 52.7 Å². The first-order chi connectivity index (χ1) is 14.1. The standard InChI is InChI=1S/C28H29NO/c1-27(2,3)16-17-13-19-11-12-29-25-21-15-18-9-7-8-10-20(18)24(28(4,5)6)26(21)30-22(14-17)23(19)25/h7-15H,16H2,1-6H3. The van der Waals surface area contributed by atoms with Gasteiger partial charge in [-0.1, -0.05) is 71.9 Å². The van der Waals surface area contributed by atoms with Gasteiger partial charge in [-0.3, -0.25) is 4.98 Å². The van der Waals surface area contributed by atoms with Gasteiger partial charge in [-0.25, -0.2) is 0 Å². The molecule has 1 aliphatic rings. The van der Waals surface area contributed by atoms with Crippen LogP contribution in [-0.4, -0.2) is 4.98 Å². The van der Waals surface area contributed by atoms with Gasteiger partial charge in [-0.05, 0) is 57.2 Å². The average Bonchev–Trinajstić information content (AvgIpc) is 2.64. The molecule has 0 amide bonds. The second-order valence-corrected chi connectivity index (χ2v) is 10.8. The minimum Gasteiger partial charge on any atom is -0.456 e. The highest BCUT2D eigenvalue weighted by molar-refractivity contribution is 6.06. The van der Waals surface area contributed by atoms with Gasteiger partial charge in [0.05, 0.1) is 11.1 Å². The fraction of sp³-hybridized carbons (Fsp3) is 0.321. The molecule has 1 aromatic heterocycles. The molecule has 2 heteroatoms. The molecule has 0 aliphatic carbocycles.